The Bertz CT molecular complexity index is 1360. The zero-order chi connectivity index (χ0) is 25.1. The molecule has 11 heteroatoms. The van der Waals surface area contributed by atoms with Crippen molar-refractivity contribution >= 4 is 39.4 Å². The first-order chi connectivity index (χ1) is 17.4. The molecule has 0 spiro atoms. The number of hydrogen-bond acceptors (Lipinski definition) is 8. The largest absolute Gasteiger partial charge is 0.484 e. The van der Waals surface area contributed by atoms with Crippen LogP contribution >= 0.6 is 11.3 Å². The number of nitrogens with zero attached hydrogens (tertiary/aromatic N) is 5. The number of carbonyl (C=O) groups is 1. The smallest absolute Gasteiger partial charge is 0.260 e. The van der Waals surface area contributed by atoms with Gasteiger partial charge in [-0.15, -0.1) is 0 Å². The Hall–Kier alpha value is -3.86. The lowest BCUT2D eigenvalue weighted by Gasteiger charge is -2.35. The predicted molar refractivity (Wildman–Crippen MR) is 134 cm³/mol. The lowest BCUT2D eigenvalue weighted by atomic mass is 10.1. The summed E-state index contributed by atoms with van der Waals surface area (Å²) in [6.45, 7) is 2.02. The number of carbonyl (C=O) groups excluding carboxylic acids is 1. The summed E-state index contributed by atoms with van der Waals surface area (Å²) >= 11 is 1.48. The molecule has 1 aliphatic rings. The van der Waals surface area contributed by atoms with Crippen molar-refractivity contribution in [2.75, 3.05) is 43.4 Å². The van der Waals surface area contributed by atoms with E-state index in [-0.39, 0.29) is 30.1 Å². The minimum Gasteiger partial charge on any atom is -0.484 e. The summed E-state index contributed by atoms with van der Waals surface area (Å²) in [5, 5.41) is 0.905. The molecule has 1 amide bonds. The van der Waals surface area contributed by atoms with Crippen LogP contribution in [0.1, 0.15) is 10.6 Å². The van der Waals surface area contributed by atoms with Gasteiger partial charge in [0.15, 0.2) is 17.3 Å². The van der Waals surface area contributed by atoms with Crippen LogP contribution in [0.15, 0.2) is 48.5 Å². The molecule has 36 heavy (non-hydrogen) atoms. The summed E-state index contributed by atoms with van der Waals surface area (Å²) in [5.41, 5.74) is 7.72. The Balaban J connectivity index is 1.22. The maximum Gasteiger partial charge on any atom is 0.260 e. The highest BCUT2D eigenvalue weighted by Crippen LogP contribution is 2.30. The first-order valence-corrected chi connectivity index (χ1v) is 12.3. The fourth-order valence-corrected chi connectivity index (χ4v) is 4.97. The number of ether oxygens (including phenoxy) is 1. The monoisotopic (exact) mass is 510 g/mol. The van der Waals surface area contributed by atoms with Gasteiger partial charge in [-0.25, -0.2) is 18.7 Å². The van der Waals surface area contributed by atoms with Crippen LogP contribution in [0.25, 0.3) is 10.3 Å². The number of nitrogens with two attached hydrogens (primary N) is 1. The van der Waals surface area contributed by atoms with E-state index in [9.17, 15) is 13.6 Å². The Kier molecular flexibility index (Phi) is 6.90. The average Bonchev–Trinajstić information content (AvgIpc) is 3.30. The molecule has 0 unspecified atom stereocenters. The maximum atomic E-state index is 13.2. The molecule has 1 saturated heterocycles. The van der Waals surface area contributed by atoms with E-state index < -0.39 is 0 Å². The Morgan fingerprint density at radius 1 is 0.917 bits per heavy atom. The maximum absolute atomic E-state index is 13.2. The number of benzene rings is 2. The Morgan fingerprint density at radius 2 is 1.58 bits per heavy atom. The molecule has 2 aromatic carbocycles. The van der Waals surface area contributed by atoms with E-state index in [2.05, 4.69) is 14.9 Å². The van der Waals surface area contributed by atoms with Crippen molar-refractivity contribution < 1.29 is 18.3 Å². The third-order valence-electron chi connectivity index (χ3n) is 5.95. The molecule has 5 rings (SSSR count). The number of rotatable bonds is 7. The molecule has 0 bridgehead atoms. The molecule has 0 atom stereocenters. The summed E-state index contributed by atoms with van der Waals surface area (Å²) in [6.07, 6.45) is 1.43. The number of thiazole rings is 1. The molecule has 4 aromatic rings. The summed E-state index contributed by atoms with van der Waals surface area (Å²) in [7, 11) is 0. The molecule has 1 fully saturated rings. The van der Waals surface area contributed by atoms with Crippen LogP contribution in [0.4, 0.5) is 20.5 Å². The van der Waals surface area contributed by atoms with Gasteiger partial charge < -0.3 is 20.3 Å². The zero-order valence-corrected chi connectivity index (χ0v) is 20.2. The van der Waals surface area contributed by atoms with Crippen LogP contribution in [0.2, 0.25) is 0 Å². The van der Waals surface area contributed by atoms with Crippen LogP contribution in [-0.2, 0) is 17.6 Å². The van der Waals surface area contributed by atoms with E-state index in [1.54, 1.807) is 17.0 Å². The third kappa shape index (κ3) is 5.51. The van der Waals surface area contributed by atoms with Crippen molar-refractivity contribution in [3.63, 3.8) is 0 Å². The first-order valence-electron chi connectivity index (χ1n) is 11.5. The number of aromatic nitrogens is 3. The summed E-state index contributed by atoms with van der Waals surface area (Å²) in [4.78, 5) is 30.7. The number of halogens is 2. The number of piperazine rings is 1. The fraction of sp³-hybridized carbons (Fsp3) is 0.280. The minimum absolute atomic E-state index is 0.111. The van der Waals surface area contributed by atoms with E-state index in [1.807, 2.05) is 0 Å². The van der Waals surface area contributed by atoms with Gasteiger partial charge in [-0.05, 0) is 48.4 Å². The van der Waals surface area contributed by atoms with Crippen LogP contribution < -0.4 is 15.4 Å². The van der Waals surface area contributed by atoms with Gasteiger partial charge in [0, 0.05) is 32.6 Å². The van der Waals surface area contributed by atoms with Crippen LogP contribution in [0.3, 0.4) is 0 Å². The number of hydrogen-bond donors (Lipinski definition) is 1. The van der Waals surface area contributed by atoms with Crippen molar-refractivity contribution in [2.24, 2.45) is 0 Å². The molecule has 2 N–H and O–H groups in total. The van der Waals surface area contributed by atoms with Gasteiger partial charge in [-0.3, -0.25) is 4.79 Å². The minimum atomic E-state index is -0.357. The standard InChI is InChI=1S/C25H24F2N6O2S/c26-17-4-1-16(2-5-17)3-10-20-29-22-23(30-25(28)31-24(22)36-20)33-13-11-32(12-14-33)21(34)15-35-19-8-6-18(27)7-9-19/h1-2,4-9H,3,10-15H2,(H2,28,30,31). The normalized spacial score (nSPS) is 13.8. The average molecular weight is 511 g/mol. The van der Waals surface area contributed by atoms with E-state index in [0.717, 1.165) is 21.8 Å². The van der Waals surface area contributed by atoms with E-state index in [0.29, 0.717) is 49.7 Å². The highest BCUT2D eigenvalue weighted by Gasteiger charge is 2.25. The summed E-state index contributed by atoms with van der Waals surface area (Å²) in [5.74, 6) is 0.540. The number of anilines is 2. The number of aryl methyl sites for hydroxylation is 2. The van der Waals surface area contributed by atoms with E-state index >= 15 is 0 Å². The number of nitrogen functional groups attached to an aromatic ring is 1. The van der Waals surface area contributed by atoms with Crippen LogP contribution in [0, 0.1) is 11.6 Å². The van der Waals surface area contributed by atoms with Gasteiger partial charge in [-0.1, -0.05) is 23.5 Å². The SMILES string of the molecule is Nc1nc(N2CCN(C(=O)COc3ccc(F)cc3)CC2)c2nc(CCc3ccc(F)cc3)sc2n1. The van der Waals surface area contributed by atoms with Crippen LogP contribution in [0.5, 0.6) is 5.75 Å². The molecule has 0 radical (unpaired) electrons. The molecule has 2 aromatic heterocycles. The third-order valence-corrected chi connectivity index (χ3v) is 6.96. The number of amides is 1. The molecule has 0 saturated carbocycles. The second-order valence-electron chi connectivity index (χ2n) is 8.40. The molecule has 186 valence electrons. The number of fused-ring (bicyclic) bond motifs is 1. The summed E-state index contributed by atoms with van der Waals surface area (Å²) < 4.78 is 31.7. The quantitative estimate of drug-likeness (QED) is 0.407. The predicted octanol–water partition coefficient (Wildman–Crippen LogP) is 3.46. The molecular formula is C25H24F2N6O2S. The van der Waals surface area contributed by atoms with Gasteiger partial charge in [0.1, 0.15) is 22.9 Å². The highest BCUT2D eigenvalue weighted by atomic mass is 32.1. The fourth-order valence-electron chi connectivity index (χ4n) is 4.03. The van der Waals surface area contributed by atoms with E-state index in [1.165, 1.54) is 47.7 Å². The van der Waals surface area contributed by atoms with Crippen molar-refractivity contribution in [1.82, 2.24) is 19.9 Å². The van der Waals surface area contributed by atoms with Crippen molar-refractivity contribution in [3.05, 3.63) is 70.7 Å². The van der Waals surface area contributed by atoms with Gasteiger partial charge in [0.05, 0.1) is 5.01 Å². The molecular weight excluding hydrogens is 486 g/mol. The van der Waals surface area contributed by atoms with Gasteiger partial charge in [0.25, 0.3) is 5.91 Å². The van der Waals surface area contributed by atoms with E-state index in [4.69, 9.17) is 15.5 Å². The molecule has 0 aliphatic carbocycles. The first kappa shape index (κ1) is 23.9. The lowest BCUT2D eigenvalue weighted by molar-refractivity contribution is -0.133. The van der Waals surface area contributed by atoms with Gasteiger partial charge >= 0.3 is 0 Å². The van der Waals surface area contributed by atoms with Crippen molar-refractivity contribution in [3.8, 4) is 5.75 Å². The highest BCUT2D eigenvalue weighted by molar-refractivity contribution is 7.18. The van der Waals surface area contributed by atoms with Gasteiger partial charge in [-0.2, -0.15) is 4.98 Å². The van der Waals surface area contributed by atoms with Crippen LogP contribution in [-0.4, -0.2) is 58.5 Å². The molecule has 1 aliphatic heterocycles. The van der Waals surface area contributed by atoms with Crippen molar-refractivity contribution in [2.45, 2.75) is 12.8 Å². The Morgan fingerprint density at radius 3 is 2.28 bits per heavy atom. The topological polar surface area (TPSA) is 97.5 Å². The zero-order valence-electron chi connectivity index (χ0n) is 19.4. The van der Waals surface area contributed by atoms with Gasteiger partial charge in [0.2, 0.25) is 5.95 Å². The molecule has 8 nitrogen and oxygen atoms in total. The molecule has 3 heterocycles. The summed E-state index contributed by atoms with van der Waals surface area (Å²) in [6, 6.07) is 12.0. The second-order valence-corrected chi connectivity index (χ2v) is 9.47. The Labute approximate surface area is 210 Å². The van der Waals surface area contributed by atoms with Crippen molar-refractivity contribution in [1.29, 1.82) is 0 Å². The second kappa shape index (κ2) is 10.4. The lowest BCUT2D eigenvalue weighted by Crippen LogP contribution is -2.50.